The van der Waals surface area contributed by atoms with Gasteiger partial charge >= 0.3 is 5.69 Å². The molecule has 0 bridgehead atoms. The minimum atomic E-state index is -0.448. The molecule has 0 aliphatic carbocycles. The normalized spacial score (nSPS) is 10.9. The van der Waals surface area contributed by atoms with Crippen LogP contribution in [-0.4, -0.2) is 9.13 Å². The third-order valence-corrected chi connectivity index (χ3v) is 4.24. The molecule has 1 heterocycles. The number of nitrogens with zero attached hydrogens (tertiary/aromatic N) is 2. The molecule has 0 fully saturated rings. The molecule has 0 N–H and O–H groups in total. The van der Waals surface area contributed by atoms with E-state index in [0.717, 1.165) is 11.0 Å². The van der Waals surface area contributed by atoms with E-state index in [4.69, 9.17) is 0 Å². The fourth-order valence-corrected chi connectivity index (χ4v) is 2.94. The molecule has 112 valence electrons. The Labute approximate surface area is 142 Å². The van der Waals surface area contributed by atoms with Crippen LogP contribution in [-0.2, 0) is 13.1 Å². The van der Waals surface area contributed by atoms with Gasteiger partial charge in [0.05, 0.1) is 10.1 Å². The summed E-state index contributed by atoms with van der Waals surface area (Å²) in [6.07, 6.45) is 2.32. The maximum Gasteiger partial charge on any atom is 0.331 e. The number of aromatic nitrogens is 2. The van der Waals surface area contributed by atoms with Crippen molar-refractivity contribution in [1.29, 1.82) is 0 Å². The number of rotatable bonds is 4. The van der Waals surface area contributed by atoms with Gasteiger partial charge in [0.2, 0.25) is 0 Å². The van der Waals surface area contributed by atoms with Gasteiger partial charge in [0.25, 0.3) is 5.56 Å². The van der Waals surface area contributed by atoms with E-state index < -0.39 is 17.1 Å². The number of benzene rings is 1. The average Bonchev–Trinajstić information content (AvgIpc) is 2.43. The van der Waals surface area contributed by atoms with Crippen LogP contribution in [0.4, 0.5) is 4.39 Å². The van der Waals surface area contributed by atoms with Gasteiger partial charge in [-0.3, -0.25) is 13.9 Å². The second kappa shape index (κ2) is 6.87. The predicted octanol–water partition coefficient (Wildman–Crippen LogP) is 2.97. The summed E-state index contributed by atoms with van der Waals surface area (Å²) >= 11 is 5.07. The average molecular weight is 467 g/mol. The molecule has 2 rings (SSSR count). The molecule has 4 nitrogen and oxygen atoms in total. The summed E-state index contributed by atoms with van der Waals surface area (Å²) in [6.45, 7) is 2.40. The molecule has 0 aliphatic rings. The van der Waals surface area contributed by atoms with Crippen molar-refractivity contribution in [2.24, 2.45) is 0 Å². The lowest BCUT2D eigenvalue weighted by Gasteiger charge is -2.11. The first-order valence-corrected chi connectivity index (χ1v) is 8.25. The van der Waals surface area contributed by atoms with Gasteiger partial charge < -0.3 is 0 Å². The first-order valence-electron chi connectivity index (χ1n) is 6.37. The topological polar surface area (TPSA) is 44.0 Å². The molecule has 0 radical (unpaired) electrons. The highest BCUT2D eigenvalue weighted by Crippen LogP contribution is 2.15. The largest absolute Gasteiger partial charge is 0.331 e. The van der Waals surface area contributed by atoms with Gasteiger partial charge in [-0.2, -0.15) is 0 Å². The lowest BCUT2D eigenvalue weighted by Crippen LogP contribution is -2.41. The van der Waals surface area contributed by atoms with Crippen LogP contribution in [0.5, 0.6) is 0 Å². The first-order chi connectivity index (χ1) is 9.93. The van der Waals surface area contributed by atoms with Crippen LogP contribution >= 0.6 is 38.5 Å². The van der Waals surface area contributed by atoms with Gasteiger partial charge in [0, 0.05) is 22.8 Å². The second-order valence-electron chi connectivity index (χ2n) is 4.58. The van der Waals surface area contributed by atoms with E-state index in [1.165, 1.54) is 10.6 Å². The minimum Gasteiger partial charge on any atom is -0.299 e. The summed E-state index contributed by atoms with van der Waals surface area (Å²) in [7, 11) is 0. The van der Waals surface area contributed by atoms with Crippen LogP contribution in [0.1, 0.15) is 18.9 Å². The van der Waals surface area contributed by atoms with Crippen LogP contribution in [0, 0.1) is 9.39 Å². The zero-order valence-electron chi connectivity index (χ0n) is 11.3. The van der Waals surface area contributed by atoms with Crippen molar-refractivity contribution in [2.45, 2.75) is 26.4 Å². The van der Waals surface area contributed by atoms with Crippen molar-refractivity contribution in [3.8, 4) is 0 Å². The van der Waals surface area contributed by atoms with Crippen molar-refractivity contribution in [2.75, 3.05) is 0 Å². The van der Waals surface area contributed by atoms with Crippen molar-refractivity contribution in [1.82, 2.24) is 9.13 Å². The van der Waals surface area contributed by atoms with E-state index in [1.54, 1.807) is 18.3 Å². The van der Waals surface area contributed by atoms with Crippen LogP contribution in [0.15, 0.2) is 38.5 Å². The highest BCUT2D eigenvalue weighted by molar-refractivity contribution is 14.1. The quantitative estimate of drug-likeness (QED) is 0.650. The molecular formula is C14H13BrFIN2O2. The predicted molar refractivity (Wildman–Crippen MR) is 91.2 cm³/mol. The van der Waals surface area contributed by atoms with Crippen LogP contribution < -0.4 is 11.2 Å². The third kappa shape index (κ3) is 3.63. The Bertz CT molecular complexity index is 786. The van der Waals surface area contributed by atoms with E-state index >= 15 is 0 Å². The fourth-order valence-electron chi connectivity index (χ4n) is 1.98. The van der Waals surface area contributed by atoms with Gasteiger partial charge in [0.1, 0.15) is 5.82 Å². The fraction of sp³-hybridized carbons (Fsp3) is 0.286. The molecule has 0 saturated heterocycles. The van der Waals surface area contributed by atoms with Crippen molar-refractivity contribution in [3.63, 3.8) is 0 Å². The zero-order valence-corrected chi connectivity index (χ0v) is 15.0. The second-order valence-corrected chi connectivity index (χ2v) is 6.66. The minimum absolute atomic E-state index is 0.0721. The molecule has 2 aromatic rings. The molecular weight excluding hydrogens is 454 g/mol. The van der Waals surface area contributed by atoms with Gasteiger partial charge in [0.15, 0.2) is 0 Å². The lowest BCUT2D eigenvalue weighted by molar-refractivity contribution is 0.548. The molecule has 0 amide bonds. The molecule has 0 aliphatic heterocycles. The Hall–Kier alpha value is -0.960. The highest BCUT2D eigenvalue weighted by Gasteiger charge is 2.12. The number of hydrogen-bond donors (Lipinski definition) is 0. The van der Waals surface area contributed by atoms with Gasteiger partial charge in [-0.05, 0) is 41.1 Å². The van der Waals surface area contributed by atoms with Gasteiger partial charge in [-0.15, -0.1) is 0 Å². The first kappa shape index (κ1) is 16.4. The lowest BCUT2D eigenvalue weighted by atomic mass is 10.2. The molecule has 0 saturated carbocycles. The summed E-state index contributed by atoms with van der Waals surface area (Å²) in [5.74, 6) is -0.448. The van der Waals surface area contributed by atoms with Gasteiger partial charge in [-0.1, -0.05) is 28.9 Å². The Balaban J connectivity index is 2.53. The zero-order chi connectivity index (χ0) is 15.6. The Morgan fingerprint density at radius 2 is 2.05 bits per heavy atom. The third-order valence-electron chi connectivity index (χ3n) is 3.00. The Kier molecular flexibility index (Phi) is 5.37. The summed E-state index contributed by atoms with van der Waals surface area (Å²) in [4.78, 5) is 24.4. The van der Waals surface area contributed by atoms with Gasteiger partial charge in [-0.25, -0.2) is 9.18 Å². The Morgan fingerprint density at radius 3 is 2.67 bits per heavy atom. The molecule has 7 heteroatoms. The molecule has 1 aromatic heterocycles. The molecule has 21 heavy (non-hydrogen) atoms. The number of hydrogen-bond acceptors (Lipinski definition) is 2. The highest BCUT2D eigenvalue weighted by atomic mass is 127. The summed E-state index contributed by atoms with van der Waals surface area (Å²) in [5, 5.41) is 0. The van der Waals surface area contributed by atoms with E-state index in [-0.39, 0.29) is 6.54 Å². The SMILES string of the molecule is CCCn1cc(I)c(=O)n(Cc2ccc(Br)cc2F)c1=O. The van der Waals surface area contributed by atoms with Crippen molar-refractivity contribution >= 4 is 38.5 Å². The van der Waals surface area contributed by atoms with Crippen molar-refractivity contribution < 1.29 is 4.39 Å². The maximum atomic E-state index is 13.9. The standard InChI is InChI=1S/C14H13BrFIN2O2/c1-2-5-18-8-12(17)13(20)19(14(18)21)7-9-3-4-10(15)6-11(9)16/h3-4,6,8H,2,5,7H2,1H3. The van der Waals surface area contributed by atoms with E-state index in [2.05, 4.69) is 15.9 Å². The smallest absolute Gasteiger partial charge is 0.299 e. The maximum absolute atomic E-state index is 13.9. The van der Waals surface area contributed by atoms with E-state index in [0.29, 0.717) is 20.2 Å². The summed E-state index contributed by atoms with van der Waals surface area (Å²) < 4.78 is 17.5. The van der Waals surface area contributed by atoms with Crippen molar-refractivity contribution in [3.05, 3.63) is 64.7 Å². The van der Waals surface area contributed by atoms with Crippen LogP contribution in [0.25, 0.3) is 0 Å². The summed E-state index contributed by atoms with van der Waals surface area (Å²) in [5.41, 5.74) is -0.498. The van der Waals surface area contributed by atoms with E-state index in [9.17, 15) is 14.0 Å². The van der Waals surface area contributed by atoms with E-state index in [1.807, 2.05) is 29.5 Å². The Morgan fingerprint density at radius 1 is 1.33 bits per heavy atom. The molecule has 0 spiro atoms. The monoisotopic (exact) mass is 466 g/mol. The summed E-state index contributed by atoms with van der Waals surface area (Å²) in [6, 6.07) is 4.57. The number of halogens is 3. The molecule has 1 aromatic carbocycles. The van der Waals surface area contributed by atoms with Crippen LogP contribution in [0.3, 0.4) is 0 Å². The number of aryl methyl sites for hydroxylation is 1. The molecule has 0 atom stereocenters. The van der Waals surface area contributed by atoms with Crippen LogP contribution in [0.2, 0.25) is 0 Å². The molecule has 0 unspecified atom stereocenters.